The number of nitrogens with zero attached hydrogens (tertiary/aromatic N) is 1. The predicted molar refractivity (Wildman–Crippen MR) is 42.1 cm³/mol. The van der Waals surface area contributed by atoms with E-state index in [0.29, 0.717) is 6.61 Å². The molecule has 1 heterocycles. The molecule has 11 heavy (non-hydrogen) atoms. The van der Waals surface area contributed by atoms with Gasteiger partial charge in [0.1, 0.15) is 0 Å². The summed E-state index contributed by atoms with van der Waals surface area (Å²) in [6, 6.07) is 0. The maximum atomic E-state index is 11.0. The van der Waals surface area contributed by atoms with Gasteiger partial charge < -0.3 is 9.64 Å². The first-order valence-electron chi connectivity index (χ1n) is 4.08. The van der Waals surface area contributed by atoms with Gasteiger partial charge in [-0.1, -0.05) is 13.3 Å². The molecule has 1 aliphatic heterocycles. The van der Waals surface area contributed by atoms with Gasteiger partial charge in [0.2, 0.25) is 0 Å². The van der Waals surface area contributed by atoms with Crippen LogP contribution in [0.2, 0.25) is 0 Å². The zero-order chi connectivity index (χ0) is 8.10. The predicted octanol–water partition coefficient (Wildman–Crippen LogP) is 1.44. The molecule has 1 saturated heterocycles. The Morgan fingerprint density at radius 3 is 2.82 bits per heavy atom. The van der Waals surface area contributed by atoms with E-state index in [1.165, 1.54) is 0 Å². The Morgan fingerprint density at radius 1 is 1.64 bits per heavy atom. The van der Waals surface area contributed by atoms with Crippen molar-refractivity contribution in [3.8, 4) is 0 Å². The van der Waals surface area contributed by atoms with Crippen LogP contribution < -0.4 is 0 Å². The van der Waals surface area contributed by atoms with Gasteiger partial charge in [-0.05, 0) is 6.42 Å². The Hall–Kier alpha value is -0.730. The highest BCUT2D eigenvalue weighted by atomic mass is 16.6. The fourth-order valence-corrected chi connectivity index (χ4v) is 0.802. The minimum Gasteiger partial charge on any atom is -0.449 e. The maximum Gasteiger partial charge on any atom is 0.409 e. The Kier molecular flexibility index (Phi) is 3.20. The second-order valence-electron chi connectivity index (χ2n) is 2.66. The van der Waals surface area contributed by atoms with Gasteiger partial charge in [0.15, 0.2) is 0 Å². The van der Waals surface area contributed by atoms with Crippen molar-refractivity contribution in [2.24, 2.45) is 0 Å². The van der Waals surface area contributed by atoms with Crippen molar-refractivity contribution in [2.45, 2.75) is 19.8 Å². The lowest BCUT2D eigenvalue weighted by Gasteiger charge is -2.29. The molecule has 1 radical (unpaired) electrons. The number of rotatable bonds is 3. The lowest BCUT2D eigenvalue weighted by atomic mass is 10.2. The standard InChI is InChI=1S/C8H14NO2/c1-2-3-7-11-8(10)9-5-4-6-9/h4H,2-3,5-7H2,1H3. The number of hydrogen-bond donors (Lipinski definition) is 0. The van der Waals surface area contributed by atoms with Gasteiger partial charge >= 0.3 is 6.09 Å². The molecule has 0 unspecified atom stereocenters. The largest absolute Gasteiger partial charge is 0.449 e. The molecular formula is C8H14NO2. The molecule has 0 spiro atoms. The van der Waals surface area contributed by atoms with Gasteiger partial charge in [-0.15, -0.1) is 0 Å². The van der Waals surface area contributed by atoms with Crippen molar-refractivity contribution in [3.05, 3.63) is 6.42 Å². The molecule has 1 rings (SSSR count). The molecule has 0 aromatic carbocycles. The monoisotopic (exact) mass is 156 g/mol. The average molecular weight is 156 g/mol. The quantitative estimate of drug-likeness (QED) is 0.579. The Balaban J connectivity index is 2.01. The first-order chi connectivity index (χ1) is 5.34. The molecule has 0 atom stereocenters. The van der Waals surface area contributed by atoms with Crippen LogP contribution in [0.15, 0.2) is 0 Å². The SMILES string of the molecule is CCCCOC(=O)N1C[CH]C1. The van der Waals surface area contributed by atoms with Crippen molar-refractivity contribution >= 4 is 6.09 Å². The van der Waals surface area contributed by atoms with Crippen LogP contribution in [0.1, 0.15) is 19.8 Å². The van der Waals surface area contributed by atoms with E-state index in [0.717, 1.165) is 25.9 Å². The number of carbonyl (C=O) groups excluding carboxylic acids is 1. The van der Waals surface area contributed by atoms with Crippen LogP contribution in [0.3, 0.4) is 0 Å². The van der Waals surface area contributed by atoms with Crippen LogP contribution in [0.5, 0.6) is 0 Å². The van der Waals surface area contributed by atoms with Crippen LogP contribution in [0.25, 0.3) is 0 Å². The molecule has 3 heteroatoms. The molecule has 0 saturated carbocycles. The summed E-state index contributed by atoms with van der Waals surface area (Å²) in [5, 5.41) is 0. The van der Waals surface area contributed by atoms with Crippen molar-refractivity contribution in [2.75, 3.05) is 19.7 Å². The molecule has 1 fully saturated rings. The number of carbonyl (C=O) groups is 1. The third-order valence-electron chi connectivity index (χ3n) is 1.68. The van der Waals surface area contributed by atoms with Gasteiger partial charge in [0.25, 0.3) is 0 Å². The molecule has 3 nitrogen and oxygen atoms in total. The Bertz CT molecular complexity index is 132. The highest BCUT2D eigenvalue weighted by molar-refractivity contribution is 5.69. The van der Waals surface area contributed by atoms with Crippen molar-refractivity contribution in [3.63, 3.8) is 0 Å². The molecule has 1 amide bonds. The molecule has 0 bridgehead atoms. The van der Waals surface area contributed by atoms with Crippen LogP contribution >= 0.6 is 0 Å². The minimum absolute atomic E-state index is 0.166. The fourth-order valence-electron chi connectivity index (χ4n) is 0.802. The number of ether oxygens (including phenoxy) is 1. The third kappa shape index (κ3) is 2.41. The average Bonchev–Trinajstić information content (AvgIpc) is 1.84. The van der Waals surface area contributed by atoms with E-state index in [4.69, 9.17) is 4.74 Å². The summed E-state index contributed by atoms with van der Waals surface area (Å²) in [6.07, 6.45) is 3.91. The first kappa shape index (κ1) is 8.37. The van der Waals surface area contributed by atoms with Gasteiger partial charge in [0.05, 0.1) is 6.61 Å². The van der Waals surface area contributed by atoms with Crippen LogP contribution in [-0.4, -0.2) is 30.7 Å². The summed E-state index contributed by atoms with van der Waals surface area (Å²) >= 11 is 0. The van der Waals surface area contributed by atoms with E-state index < -0.39 is 0 Å². The van der Waals surface area contributed by atoms with Gasteiger partial charge in [-0.3, -0.25) is 0 Å². The summed E-state index contributed by atoms with van der Waals surface area (Å²) in [4.78, 5) is 12.7. The van der Waals surface area contributed by atoms with Gasteiger partial charge in [-0.2, -0.15) is 0 Å². The van der Waals surface area contributed by atoms with Crippen LogP contribution in [0, 0.1) is 6.42 Å². The summed E-state index contributed by atoms with van der Waals surface area (Å²) in [5.74, 6) is 0. The fraction of sp³-hybridized carbons (Fsp3) is 0.750. The van der Waals surface area contributed by atoms with Crippen molar-refractivity contribution in [1.29, 1.82) is 0 Å². The molecule has 0 aromatic rings. The number of likely N-dealkylation sites (tertiary alicyclic amines) is 1. The van der Waals surface area contributed by atoms with E-state index in [2.05, 4.69) is 6.92 Å². The van der Waals surface area contributed by atoms with E-state index in [9.17, 15) is 4.79 Å². The van der Waals surface area contributed by atoms with Gasteiger partial charge in [-0.25, -0.2) is 4.79 Å². The van der Waals surface area contributed by atoms with E-state index >= 15 is 0 Å². The third-order valence-corrected chi connectivity index (χ3v) is 1.68. The normalized spacial score (nSPS) is 15.9. The van der Waals surface area contributed by atoms with E-state index in [1.54, 1.807) is 4.90 Å². The zero-order valence-corrected chi connectivity index (χ0v) is 6.88. The topological polar surface area (TPSA) is 29.5 Å². The van der Waals surface area contributed by atoms with Crippen LogP contribution in [0.4, 0.5) is 4.79 Å². The second-order valence-corrected chi connectivity index (χ2v) is 2.66. The highest BCUT2D eigenvalue weighted by Crippen LogP contribution is 2.06. The van der Waals surface area contributed by atoms with Crippen LogP contribution in [-0.2, 0) is 4.74 Å². The first-order valence-corrected chi connectivity index (χ1v) is 4.08. The minimum atomic E-state index is -0.166. The number of amides is 1. The zero-order valence-electron chi connectivity index (χ0n) is 6.88. The number of unbranched alkanes of at least 4 members (excludes halogenated alkanes) is 1. The summed E-state index contributed by atoms with van der Waals surface area (Å²) < 4.78 is 4.95. The molecule has 63 valence electrons. The maximum absolute atomic E-state index is 11.0. The van der Waals surface area contributed by atoms with Crippen molar-refractivity contribution < 1.29 is 9.53 Å². The Morgan fingerprint density at radius 2 is 2.36 bits per heavy atom. The summed E-state index contributed by atoms with van der Waals surface area (Å²) in [6.45, 7) is 4.15. The number of hydrogen-bond acceptors (Lipinski definition) is 2. The molecular weight excluding hydrogens is 142 g/mol. The summed E-state index contributed by atoms with van der Waals surface area (Å²) in [5.41, 5.74) is 0. The summed E-state index contributed by atoms with van der Waals surface area (Å²) in [7, 11) is 0. The highest BCUT2D eigenvalue weighted by Gasteiger charge is 2.21. The van der Waals surface area contributed by atoms with E-state index in [1.807, 2.05) is 6.42 Å². The smallest absolute Gasteiger partial charge is 0.409 e. The van der Waals surface area contributed by atoms with E-state index in [-0.39, 0.29) is 6.09 Å². The van der Waals surface area contributed by atoms with Gasteiger partial charge in [0, 0.05) is 19.5 Å². The second kappa shape index (κ2) is 4.21. The lowest BCUT2D eigenvalue weighted by Crippen LogP contribution is -2.43. The van der Waals surface area contributed by atoms with Crippen molar-refractivity contribution in [1.82, 2.24) is 4.90 Å². The lowest BCUT2D eigenvalue weighted by molar-refractivity contribution is 0.0939. The Labute approximate surface area is 67.3 Å². The molecule has 0 aliphatic carbocycles. The molecule has 1 aliphatic rings. The molecule has 0 N–H and O–H groups in total. The molecule has 0 aromatic heterocycles.